The van der Waals surface area contributed by atoms with E-state index < -0.39 is 12.1 Å². The third-order valence-electron chi connectivity index (χ3n) is 7.18. The van der Waals surface area contributed by atoms with Crippen LogP contribution in [0.15, 0.2) is 24.3 Å². The summed E-state index contributed by atoms with van der Waals surface area (Å²) in [6, 6.07) is 6.40. The molecule has 1 N–H and O–H groups in total. The van der Waals surface area contributed by atoms with Crippen LogP contribution >= 0.6 is 0 Å². The second kappa shape index (κ2) is 11.5. The van der Waals surface area contributed by atoms with Crippen molar-refractivity contribution in [3.05, 3.63) is 29.8 Å². The van der Waals surface area contributed by atoms with E-state index in [2.05, 4.69) is 15.1 Å². The van der Waals surface area contributed by atoms with Gasteiger partial charge in [0, 0.05) is 57.6 Å². The Bertz CT molecular complexity index is 898. The van der Waals surface area contributed by atoms with Gasteiger partial charge in [0.2, 0.25) is 5.91 Å². The number of rotatable bonds is 9. The van der Waals surface area contributed by atoms with Gasteiger partial charge in [0.15, 0.2) is 5.78 Å². The van der Waals surface area contributed by atoms with Crippen molar-refractivity contribution in [1.82, 2.24) is 15.1 Å². The van der Waals surface area contributed by atoms with Gasteiger partial charge >= 0.3 is 0 Å². The lowest BCUT2D eigenvalue weighted by Gasteiger charge is -2.36. The van der Waals surface area contributed by atoms with Crippen LogP contribution in [-0.4, -0.2) is 105 Å². The van der Waals surface area contributed by atoms with Crippen molar-refractivity contribution < 1.29 is 23.9 Å². The summed E-state index contributed by atoms with van der Waals surface area (Å²) < 4.78 is 10.7. The molecule has 0 spiro atoms. The van der Waals surface area contributed by atoms with Crippen molar-refractivity contribution in [3.63, 3.8) is 0 Å². The Morgan fingerprint density at radius 3 is 2.49 bits per heavy atom. The molecule has 0 radical (unpaired) electrons. The van der Waals surface area contributed by atoms with E-state index in [-0.39, 0.29) is 36.2 Å². The van der Waals surface area contributed by atoms with Crippen LogP contribution in [0, 0.1) is 5.92 Å². The lowest BCUT2D eigenvalue weighted by Crippen LogP contribution is -2.52. The number of nitrogens with zero attached hydrogens (tertiary/aromatic N) is 3. The molecule has 2 amide bonds. The van der Waals surface area contributed by atoms with Gasteiger partial charge in [-0.15, -0.1) is 0 Å². The molecule has 3 fully saturated rings. The van der Waals surface area contributed by atoms with Gasteiger partial charge in [0.25, 0.3) is 5.91 Å². The number of fused-ring (bicyclic) bond motifs is 1. The molecule has 3 saturated heterocycles. The van der Waals surface area contributed by atoms with Crippen LogP contribution in [0.25, 0.3) is 0 Å². The van der Waals surface area contributed by atoms with E-state index in [0.717, 1.165) is 45.0 Å². The summed E-state index contributed by atoms with van der Waals surface area (Å²) in [6.45, 7) is 10.1. The molecule has 9 heteroatoms. The fourth-order valence-corrected chi connectivity index (χ4v) is 5.25. The Balaban J connectivity index is 1.37. The lowest BCUT2D eigenvalue weighted by atomic mass is 10.0. The number of anilines is 1. The number of ketones is 1. The van der Waals surface area contributed by atoms with Crippen LogP contribution < -0.4 is 10.2 Å². The van der Waals surface area contributed by atoms with Crippen molar-refractivity contribution >= 4 is 23.3 Å². The summed E-state index contributed by atoms with van der Waals surface area (Å²) in [4.78, 5) is 45.0. The van der Waals surface area contributed by atoms with Gasteiger partial charge < -0.3 is 24.6 Å². The van der Waals surface area contributed by atoms with Gasteiger partial charge in [-0.05, 0) is 43.0 Å². The highest BCUT2D eigenvalue weighted by atomic mass is 16.5. The van der Waals surface area contributed by atoms with E-state index in [0.29, 0.717) is 24.9 Å². The molecule has 3 atom stereocenters. The largest absolute Gasteiger partial charge is 0.383 e. The van der Waals surface area contributed by atoms with E-state index in [1.54, 1.807) is 12.0 Å². The minimum absolute atomic E-state index is 0.0504. The van der Waals surface area contributed by atoms with Crippen LogP contribution in [0.5, 0.6) is 0 Å². The fraction of sp³-hybridized carbons (Fsp3) is 0.654. The average Bonchev–Trinajstić information content (AvgIpc) is 3.45. The predicted octanol–water partition coefficient (Wildman–Crippen LogP) is 1.17. The van der Waals surface area contributed by atoms with Crippen molar-refractivity contribution in [2.24, 2.45) is 5.92 Å². The number of carbonyl (C=O) groups is 3. The molecule has 0 unspecified atom stereocenters. The van der Waals surface area contributed by atoms with Gasteiger partial charge in [-0.1, -0.05) is 13.8 Å². The molecule has 3 heterocycles. The quantitative estimate of drug-likeness (QED) is 0.560. The molecule has 0 aliphatic carbocycles. The second-order valence-corrected chi connectivity index (χ2v) is 10.1. The molecule has 0 aromatic heterocycles. The smallest absolute Gasteiger partial charge is 0.251 e. The first-order valence-corrected chi connectivity index (χ1v) is 12.7. The number of nitrogens with one attached hydrogen (secondary N) is 1. The third kappa shape index (κ3) is 6.02. The number of likely N-dealkylation sites (tertiary alicyclic amines) is 1. The molecular formula is C26H38N4O5. The standard InChI is InChI=1S/C26H38N4O5/c1-18(2)16-21(26(33)30-9-8-23-24(30)22(31)17-35-23)27-25(32)19-4-6-20(7-5-19)29-12-10-28(11-13-29)14-15-34-3/h4-7,18,21,23-24H,8-17H2,1-3H3,(H,27,32)/t21-,23+,24+/m0/s1. The van der Waals surface area contributed by atoms with Crippen LogP contribution in [0.3, 0.4) is 0 Å². The molecule has 9 nitrogen and oxygen atoms in total. The van der Waals surface area contributed by atoms with Crippen molar-refractivity contribution in [2.45, 2.75) is 44.9 Å². The van der Waals surface area contributed by atoms with E-state index >= 15 is 0 Å². The topological polar surface area (TPSA) is 91.4 Å². The maximum atomic E-state index is 13.4. The zero-order chi connectivity index (χ0) is 24.9. The number of Topliss-reactive ketones (excluding diaryl/α,β-unsaturated/α-hetero) is 1. The number of amides is 2. The molecule has 35 heavy (non-hydrogen) atoms. The van der Waals surface area contributed by atoms with Crippen molar-refractivity contribution in [2.75, 3.05) is 64.5 Å². The number of piperazine rings is 1. The minimum Gasteiger partial charge on any atom is -0.383 e. The molecular weight excluding hydrogens is 448 g/mol. The highest BCUT2D eigenvalue weighted by Gasteiger charge is 2.48. The van der Waals surface area contributed by atoms with Crippen molar-refractivity contribution in [3.8, 4) is 0 Å². The van der Waals surface area contributed by atoms with Crippen LogP contribution in [-0.2, 0) is 19.1 Å². The summed E-state index contributed by atoms with van der Waals surface area (Å²) in [7, 11) is 1.72. The zero-order valence-corrected chi connectivity index (χ0v) is 21.1. The molecule has 1 aromatic rings. The number of benzene rings is 1. The number of carbonyl (C=O) groups excluding carboxylic acids is 3. The van der Waals surface area contributed by atoms with E-state index in [1.165, 1.54) is 0 Å². The van der Waals surface area contributed by atoms with Gasteiger partial charge in [-0.3, -0.25) is 19.3 Å². The molecule has 192 valence electrons. The normalized spacial score (nSPS) is 23.6. The van der Waals surface area contributed by atoms with E-state index in [1.807, 2.05) is 38.1 Å². The summed E-state index contributed by atoms with van der Waals surface area (Å²) in [5.74, 6) is -0.306. The summed E-state index contributed by atoms with van der Waals surface area (Å²) in [5, 5.41) is 2.95. The predicted molar refractivity (Wildman–Crippen MR) is 133 cm³/mol. The summed E-state index contributed by atoms with van der Waals surface area (Å²) in [5.41, 5.74) is 1.61. The average molecular weight is 487 g/mol. The number of hydrogen-bond acceptors (Lipinski definition) is 7. The fourth-order valence-electron chi connectivity index (χ4n) is 5.25. The van der Waals surface area contributed by atoms with Crippen molar-refractivity contribution in [1.29, 1.82) is 0 Å². The number of ether oxygens (including phenoxy) is 2. The molecule has 1 aromatic carbocycles. The van der Waals surface area contributed by atoms with Gasteiger partial charge in [-0.25, -0.2) is 0 Å². The lowest BCUT2D eigenvalue weighted by molar-refractivity contribution is -0.138. The molecule has 0 saturated carbocycles. The Kier molecular flexibility index (Phi) is 8.41. The number of methoxy groups -OCH3 is 1. The molecule has 3 aliphatic rings. The van der Waals surface area contributed by atoms with Crippen LogP contribution in [0.4, 0.5) is 5.69 Å². The summed E-state index contributed by atoms with van der Waals surface area (Å²) >= 11 is 0. The van der Waals surface area contributed by atoms with E-state index in [9.17, 15) is 14.4 Å². The van der Waals surface area contributed by atoms with Gasteiger partial charge in [0.05, 0.1) is 12.7 Å². The number of hydrogen-bond donors (Lipinski definition) is 1. The maximum Gasteiger partial charge on any atom is 0.251 e. The summed E-state index contributed by atoms with van der Waals surface area (Å²) in [6.07, 6.45) is 0.960. The first-order valence-electron chi connectivity index (χ1n) is 12.7. The van der Waals surface area contributed by atoms with Crippen LogP contribution in [0.1, 0.15) is 37.0 Å². The highest BCUT2D eigenvalue weighted by Crippen LogP contribution is 2.28. The van der Waals surface area contributed by atoms with Crippen LogP contribution in [0.2, 0.25) is 0 Å². The minimum atomic E-state index is -0.672. The highest BCUT2D eigenvalue weighted by molar-refractivity contribution is 5.99. The molecule has 3 aliphatic heterocycles. The second-order valence-electron chi connectivity index (χ2n) is 10.1. The first-order chi connectivity index (χ1) is 16.9. The maximum absolute atomic E-state index is 13.4. The SMILES string of the molecule is COCCN1CCN(c2ccc(C(=O)N[C@@H](CC(C)C)C(=O)N3CC[C@H]4OCC(=O)[C@H]43)cc2)CC1. The Morgan fingerprint density at radius 2 is 1.83 bits per heavy atom. The van der Waals surface area contributed by atoms with E-state index in [4.69, 9.17) is 9.47 Å². The van der Waals surface area contributed by atoms with Gasteiger partial charge in [-0.2, -0.15) is 0 Å². The Hall–Kier alpha value is -2.49. The Morgan fingerprint density at radius 1 is 1.11 bits per heavy atom. The zero-order valence-electron chi connectivity index (χ0n) is 21.1. The molecule has 0 bridgehead atoms. The van der Waals surface area contributed by atoms with Gasteiger partial charge in [0.1, 0.15) is 18.7 Å². The first kappa shape index (κ1) is 25.6. The monoisotopic (exact) mass is 486 g/mol. The molecule has 4 rings (SSSR count). The third-order valence-corrected chi connectivity index (χ3v) is 7.18. The Labute approximate surface area is 207 Å².